The molecule has 0 bridgehead atoms. The second-order valence-corrected chi connectivity index (χ2v) is 7.44. The number of ether oxygens (including phenoxy) is 1. The van der Waals surface area contributed by atoms with Crippen molar-refractivity contribution in [3.63, 3.8) is 0 Å². The first-order valence-electron chi connectivity index (χ1n) is 9.63. The maximum Gasteiger partial charge on any atom is 0.336 e. The Morgan fingerprint density at radius 3 is 2.63 bits per heavy atom. The van der Waals surface area contributed by atoms with Crippen LogP contribution in [0, 0.1) is 6.92 Å². The minimum absolute atomic E-state index is 0.292. The summed E-state index contributed by atoms with van der Waals surface area (Å²) in [6.45, 7) is 2.04. The fraction of sp³-hybridized carbons (Fsp3) is 0.125. The highest BCUT2D eigenvalue weighted by Crippen LogP contribution is 2.36. The number of hydrogen-bond donors (Lipinski definition) is 1. The third kappa shape index (κ3) is 3.03. The largest absolute Gasteiger partial charge is 0.478 e. The van der Waals surface area contributed by atoms with Crippen molar-refractivity contribution in [1.82, 2.24) is 14.8 Å². The van der Waals surface area contributed by atoms with Crippen LogP contribution in [0.15, 0.2) is 54.7 Å². The zero-order chi connectivity index (χ0) is 20.8. The van der Waals surface area contributed by atoms with Crippen molar-refractivity contribution in [2.45, 2.75) is 13.3 Å². The van der Waals surface area contributed by atoms with E-state index in [0.717, 1.165) is 39.2 Å². The molecular weight excluding hydrogens is 378 g/mol. The number of allylic oxidation sites excluding steroid dienone is 1. The topological polar surface area (TPSA) is 77.2 Å². The molecule has 1 aliphatic carbocycles. The van der Waals surface area contributed by atoms with Gasteiger partial charge in [0.2, 0.25) is 0 Å². The third-order valence-corrected chi connectivity index (χ3v) is 5.38. The highest BCUT2D eigenvalue weighted by molar-refractivity contribution is 6.00. The van der Waals surface area contributed by atoms with E-state index in [4.69, 9.17) is 9.84 Å². The predicted octanol–water partition coefficient (Wildman–Crippen LogP) is 4.86. The maximum atomic E-state index is 11.5. The minimum atomic E-state index is -0.938. The molecule has 0 fully saturated rings. The molecule has 30 heavy (non-hydrogen) atoms. The highest BCUT2D eigenvalue weighted by atomic mass is 16.5. The zero-order valence-corrected chi connectivity index (χ0v) is 16.6. The fourth-order valence-corrected chi connectivity index (χ4v) is 3.86. The van der Waals surface area contributed by atoms with Gasteiger partial charge in [0.05, 0.1) is 22.5 Å². The molecule has 4 aromatic rings. The van der Waals surface area contributed by atoms with Crippen LogP contribution < -0.4 is 4.74 Å². The van der Waals surface area contributed by atoms with Crippen LogP contribution in [0.5, 0.6) is 11.5 Å². The molecule has 6 heteroatoms. The van der Waals surface area contributed by atoms with Crippen molar-refractivity contribution in [3.8, 4) is 11.5 Å². The minimum Gasteiger partial charge on any atom is -0.478 e. The van der Waals surface area contributed by atoms with E-state index in [1.807, 2.05) is 67.2 Å². The number of fused-ring (bicyclic) bond motifs is 2. The number of pyridine rings is 1. The van der Waals surface area contributed by atoms with Gasteiger partial charge in [-0.2, -0.15) is 5.10 Å². The predicted molar refractivity (Wildman–Crippen MR) is 115 cm³/mol. The molecule has 0 unspecified atom stereocenters. The van der Waals surface area contributed by atoms with Crippen molar-refractivity contribution >= 4 is 28.5 Å². The molecule has 0 aliphatic heterocycles. The lowest BCUT2D eigenvalue weighted by Crippen LogP contribution is -2.03. The summed E-state index contributed by atoms with van der Waals surface area (Å²) in [5.74, 6) is 0.579. The average Bonchev–Trinajstić information content (AvgIpc) is 3.30. The Morgan fingerprint density at radius 1 is 1.10 bits per heavy atom. The lowest BCUT2D eigenvalue weighted by Gasteiger charge is -2.07. The van der Waals surface area contributed by atoms with Crippen LogP contribution in [0.2, 0.25) is 0 Å². The molecule has 0 spiro atoms. The highest BCUT2D eigenvalue weighted by Gasteiger charge is 2.24. The number of aryl methyl sites for hydroxylation is 2. The smallest absolute Gasteiger partial charge is 0.336 e. The monoisotopic (exact) mass is 397 g/mol. The van der Waals surface area contributed by atoms with Gasteiger partial charge >= 0.3 is 5.97 Å². The summed E-state index contributed by atoms with van der Waals surface area (Å²) < 4.78 is 7.81. The van der Waals surface area contributed by atoms with Gasteiger partial charge in [-0.05, 0) is 54.5 Å². The summed E-state index contributed by atoms with van der Waals surface area (Å²) in [5, 5.41) is 15.2. The molecule has 0 saturated carbocycles. The van der Waals surface area contributed by atoms with Crippen LogP contribution >= 0.6 is 0 Å². The van der Waals surface area contributed by atoms with Gasteiger partial charge in [0.1, 0.15) is 11.5 Å². The van der Waals surface area contributed by atoms with Gasteiger partial charge in [-0.1, -0.05) is 17.7 Å². The Bertz CT molecular complexity index is 1330. The lowest BCUT2D eigenvalue weighted by atomic mass is 10.0. The maximum absolute atomic E-state index is 11.5. The van der Waals surface area contributed by atoms with Gasteiger partial charge < -0.3 is 9.84 Å². The molecular formula is C24H19N3O3. The molecule has 0 radical (unpaired) electrons. The molecule has 0 saturated heterocycles. The van der Waals surface area contributed by atoms with Crippen LogP contribution in [0.3, 0.4) is 0 Å². The van der Waals surface area contributed by atoms with E-state index in [0.29, 0.717) is 17.7 Å². The van der Waals surface area contributed by atoms with E-state index in [2.05, 4.69) is 4.98 Å². The van der Waals surface area contributed by atoms with E-state index >= 15 is 0 Å². The number of nitrogens with zero attached hydrogens (tertiary/aromatic N) is 3. The van der Waals surface area contributed by atoms with Crippen LogP contribution in [0.25, 0.3) is 22.6 Å². The fourth-order valence-electron chi connectivity index (χ4n) is 3.86. The number of hydrogen-bond acceptors (Lipinski definition) is 4. The van der Waals surface area contributed by atoms with Crippen molar-refractivity contribution in [2.24, 2.45) is 7.05 Å². The Morgan fingerprint density at radius 2 is 1.87 bits per heavy atom. The molecule has 2 aromatic heterocycles. The van der Waals surface area contributed by atoms with E-state index in [9.17, 15) is 9.90 Å². The SMILES string of the molecule is Cc1ccc(Oc2ccc3c(C4=Cc5nccc(C(=O)O)c5C4)nn(C)c3c2)cc1. The van der Waals surface area contributed by atoms with Crippen LogP contribution in [0.1, 0.15) is 32.9 Å². The van der Waals surface area contributed by atoms with E-state index in [1.165, 1.54) is 11.8 Å². The molecule has 0 atom stereocenters. The third-order valence-electron chi connectivity index (χ3n) is 5.38. The molecule has 1 aliphatic rings. The summed E-state index contributed by atoms with van der Waals surface area (Å²) in [6.07, 6.45) is 3.96. The Labute approximate surface area is 173 Å². The van der Waals surface area contributed by atoms with Crippen LogP contribution in [-0.2, 0) is 13.5 Å². The molecule has 5 rings (SSSR count). The van der Waals surface area contributed by atoms with Crippen molar-refractivity contribution in [1.29, 1.82) is 0 Å². The van der Waals surface area contributed by atoms with E-state index < -0.39 is 5.97 Å². The number of carboxylic acids is 1. The molecule has 2 aromatic carbocycles. The number of aromatic nitrogens is 3. The average molecular weight is 397 g/mol. The van der Waals surface area contributed by atoms with E-state index in [-0.39, 0.29) is 0 Å². The first-order chi connectivity index (χ1) is 14.5. The van der Waals surface area contributed by atoms with E-state index in [1.54, 1.807) is 6.07 Å². The number of rotatable bonds is 4. The second-order valence-electron chi connectivity index (χ2n) is 7.44. The van der Waals surface area contributed by atoms with Gasteiger partial charge in [0.15, 0.2) is 0 Å². The quantitative estimate of drug-likeness (QED) is 0.532. The van der Waals surface area contributed by atoms with Crippen LogP contribution in [0.4, 0.5) is 0 Å². The van der Waals surface area contributed by atoms with Crippen molar-refractivity contribution in [2.75, 3.05) is 0 Å². The standard InChI is InChI=1S/C24H19N3O3/c1-14-3-5-16(6-4-14)30-17-7-8-19-22(13-17)27(2)26-23(19)15-11-20-18(24(28)29)9-10-25-21(20)12-15/h3-10,12-13H,11H2,1-2H3,(H,28,29). The normalized spacial score (nSPS) is 12.7. The van der Waals surface area contributed by atoms with Crippen molar-refractivity contribution in [3.05, 3.63) is 82.8 Å². The molecule has 1 N–H and O–H groups in total. The molecule has 0 amide bonds. The van der Waals surface area contributed by atoms with Gasteiger partial charge in [-0.3, -0.25) is 9.67 Å². The zero-order valence-electron chi connectivity index (χ0n) is 16.6. The molecule has 6 nitrogen and oxygen atoms in total. The van der Waals surface area contributed by atoms with Gasteiger partial charge in [0.25, 0.3) is 0 Å². The Hall–Kier alpha value is -3.93. The van der Waals surface area contributed by atoms with Crippen LogP contribution in [-0.4, -0.2) is 25.8 Å². The number of aromatic carboxylic acids is 1. The van der Waals surface area contributed by atoms with Crippen molar-refractivity contribution < 1.29 is 14.6 Å². The summed E-state index contributed by atoms with van der Waals surface area (Å²) in [7, 11) is 1.89. The van der Waals surface area contributed by atoms with Gasteiger partial charge in [-0.25, -0.2) is 4.79 Å². The number of benzene rings is 2. The Balaban J connectivity index is 1.50. The summed E-state index contributed by atoms with van der Waals surface area (Å²) in [4.78, 5) is 15.9. The number of carboxylic acid groups (broad SMARTS) is 1. The number of carbonyl (C=O) groups is 1. The molecule has 148 valence electrons. The molecule has 2 heterocycles. The first kappa shape index (κ1) is 18.1. The van der Waals surface area contributed by atoms with Gasteiger partial charge in [-0.15, -0.1) is 0 Å². The second kappa shape index (κ2) is 6.84. The lowest BCUT2D eigenvalue weighted by molar-refractivity contribution is 0.0695. The summed E-state index contributed by atoms with van der Waals surface area (Å²) >= 11 is 0. The first-order valence-corrected chi connectivity index (χ1v) is 9.63. The summed E-state index contributed by atoms with van der Waals surface area (Å²) in [6, 6.07) is 15.4. The van der Waals surface area contributed by atoms with Gasteiger partial charge in [0, 0.05) is 31.1 Å². The summed E-state index contributed by atoms with van der Waals surface area (Å²) in [5.41, 5.74) is 5.65. The Kier molecular flexibility index (Phi) is 4.13.